The summed E-state index contributed by atoms with van der Waals surface area (Å²) in [6.45, 7) is 6.07. The van der Waals surface area contributed by atoms with Crippen molar-refractivity contribution in [3.05, 3.63) is 70.8 Å². The summed E-state index contributed by atoms with van der Waals surface area (Å²) < 4.78 is 0. The van der Waals surface area contributed by atoms with Gasteiger partial charge in [-0.15, -0.1) is 0 Å². The lowest BCUT2D eigenvalue weighted by Gasteiger charge is -2.16. The van der Waals surface area contributed by atoms with E-state index in [9.17, 15) is 4.79 Å². The summed E-state index contributed by atoms with van der Waals surface area (Å²) in [5.74, 6) is 0.0770. The molecule has 3 heteroatoms. The van der Waals surface area contributed by atoms with Crippen LogP contribution in [0.25, 0.3) is 0 Å². The molecule has 0 radical (unpaired) electrons. The van der Waals surface area contributed by atoms with Crippen molar-refractivity contribution in [2.45, 2.75) is 26.8 Å². The first-order chi connectivity index (χ1) is 11.0. The summed E-state index contributed by atoms with van der Waals surface area (Å²) in [4.78, 5) is 14.1. The predicted octanol–water partition coefficient (Wildman–Crippen LogP) is 3.09. The molecule has 122 valence electrons. The molecule has 0 unspecified atom stereocenters. The van der Waals surface area contributed by atoms with Crippen molar-refractivity contribution in [3.8, 4) is 0 Å². The SMILES string of the molecule is Cc1ccc(CN(C)CC(=O)NCCc2ccccc2C)cc1. The molecule has 0 aliphatic carbocycles. The van der Waals surface area contributed by atoms with Gasteiger partial charge in [-0.3, -0.25) is 9.69 Å². The van der Waals surface area contributed by atoms with Crippen molar-refractivity contribution in [2.24, 2.45) is 0 Å². The number of nitrogens with one attached hydrogen (secondary N) is 1. The van der Waals surface area contributed by atoms with Gasteiger partial charge in [-0.1, -0.05) is 54.1 Å². The minimum atomic E-state index is 0.0770. The number of carbonyl (C=O) groups excluding carboxylic acids is 1. The third-order valence-corrected chi connectivity index (χ3v) is 3.96. The molecule has 1 amide bonds. The monoisotopic (exact) mass is 310 g/mol. The van der Waals surface area contributed by atoms with Gasteiger partial charge in [-0.25, -0.2) is 0 Å². The van der Waals surface area contributed by atoms with Gasteiger partial charge in [0.2, 0.25) is 5.91 Å². The van der Waals surface area contributed by atoms with E-state index in [2.05, 4.69) is 55.6 Å². The Balaban J connectivity index is 1.71. The lowest BCUT2D eigenvalue weighted by molar-refractivity contribution is -0.122. The van der Waals surface area contributed by atoms with Crippen LogP contribution in [-0.4, -0.2) is 30.9 Å². The highest BCUT2D eigenvalue weighted by atomic mass is 16.2. The summed E-state index contributed by atoms with van der Waals surface area (Å²) in [6.07, 6.45) is 0.875. The van der Waals surface area contributed by atoms with E-state index in [4.69, 9.17) is 0 Å². The number of nitrogens with zero attached hydrogens (tertiary/aromatic N) is 1. The largest absolute Gasteiger partial charge is 0.355 e. The van der Waals surface area contributed by atoms with E-state index >= 15 is 0 Å². The van der Waals surface area contributed by atoms with Gasteiger partial charge in [0.1, 0.15) is 0 Å². The Labute approximate surface area is 139 Å². The number of hydrogen-bond acceptors (Lipinski definition) is 2. The van der Waals surface area contributed by atoms with Gasteiger partial charge in [0.05, 0.1) is 6.54 Å². The average molecular weight is 310 g/mol. The molecule has 0 heterocycles. The molecule has 23 heavy (non-hydrogen) atoms. The molecule has 0 aliphatic heterocycles. The molecule has 2 aromatic rings. The quantitative estimate of drug-likeness (QED) is 0.852. The highest BCUT2D eigenvalue weighted by Crippen LogP contribution is 2.07. The van der Waals surface area contributed by atoms with Crippen LogP contribution in [0, 0.1) is 13.8 Å². The first kappa shape index (κ1) is 17.2. The molecule has 1 N–H and O–H groups in total. The topological polar surface area (TPSA) is 32.3 Å². The van der Waals surface area contributed by atoms with Crippen LogP contribution in [0.1, 0.15) is 22.3 Å². The summed E-state index contributed by atoms with van der Waals surface area (Å²) in [5, 5.41) is 3.00. The highest BCUT2D eigenvalue weighted by molar-refractivity contribution is 5.77. The smallest absolute Gasteiger partial charge is 0.234 e. The van der Waals surface area contributed by atoms with Crippen molar-refractivity contribution in [3.63, 3.8) is 0 Å². The van der Waals surface area contributed by atoms with E-state index < -0.39 is 0 Å². The van der Waals surface area contributed by atoms with Gasteiger partial charge in [-0.2, -0.15) is 0 Å². The molecule has 0 aromatic heterocycles. The minimum absolute atomic E-state index is 0.0770. The Hall–Kier alpha value is -2.13. The van der Waals surface area contributed by atoms with Crippen LogP contribution < -0.4 is 5.32 Å². The molecule has 0 saturated carbocycles. The van der Waals surface area contributed by atoms with Gasteiger partial charge in [-0.05, 0) is 44.0 Å². The van der Waals surface area contributed by atoms with E-state index in [1.54, 1.807) is 0 Å². The summed E-state index contributed by atoms with van der Waals surface area (Å²) in [5.41, 5.74) is 5.05. The molecular weight excluding hydrogens is 284 g/mol. The zero-order valence-corrected chi connectivity index (χ0v) is 14.3. The third kappa shape index (κ3) is 5.87. The maximum Gasteiger partial charge on any atom is 0.234 e. The van der Waals surface area contributed by atoms with Crippen molar-refractivity contribution in [1.82, 2.24) is 10.2 Å². The van der Waals surface area contributed by atoms with Gasteiger partial charge >= 0.3 is 0 Å². The maximum absolute atomic E-state index is 12.0. The van der Waals surface area contributed by atoms with Crippen molar-refractivity contribution < 1.29 is 4.79 Å². The second-order valence-electron chi connectivity index (χ2n) is 6.18. The Morgan fingerprint density at radius 1 is 1.04 bits per heavy atom. The van der Waals surface area contributed by atoms with Crippen LogP contribution in [0.2, 0.25) is 0 Å². The molecule has 0 aliphatic rings. The number of aryl methyl sites for hydroxylation is 2. The lowest BCUT2D eigenvalue weighted by atomic mass is 10.1. The van der Waals surface area contributed by atoms with E-state index in [-0.39, 0.29) is 5.91 Å². The fraction of sp³-hybridized carbons (Fsp3) is 0.350. The number of likely N-dealkylation sites (N-methyl/N-ethyl adjacent to an activating group) is 1. The predicted molar refractivity (Wildman–Crippen MR) is 95.4 cm³/mol. The molecule has 3 nitrogen and oxygen atoms in total. The second-order valence-corrected chi connectivity index (χ2v) is 6.18. The number of carbonyl (C=O) groups is 1. The first-order valence-corrected chi connectivity index (χ1v) is 8.10. The molecule has 2 rings (SSSR count). The molecule has 0 fully saturated rings. The average Bonchev–Trinajstić information content (AvgIpc) is 2.51. The maximum atomic E-state index is 12.0. The molecule has 0 spiro atoms. The number of rotatable bonds is 7. The molecule has 0 saturated heterocycles. The zero-order chi connectivity index (χ0) is 16.7. The number of hydrogen-bond donors (Lipinski definition) is 1. The summed E-state index contributed by atoms with van der Waals surface area (Å²) >= 11 is 0. The van der Waals surface area contributed by atoms with E-state index in [1.807, 2.05) is 24.1 Å². The van der Waals surface area contributed by atoms with Crippen LogP contribution in [0.5, 0.6) is 0 Å². The highest BCUT2D eigenvalue weighted by Gasteiger charge is 2.07. The van der Waals surface area contributed by atoms with Crippen molar-refractivity contribution >= 4 is 5.91 Å². The Morgan fingerprint density at radius 2 is 1.74 bits per heavy atom. The molecular formula is C20H26N2O. The van der Waals surface area contributed by atoms with Crippen molar-refractivity contribution in [1.29, 1.82) is 0 Å². The minimum Gasteiger partial charge on any atom is -0.355 e. The van der Waals surface area contributed by atoms with E-state index in [0.717, 1.165) is 13.0 Å². The van der Waals surface area contributed by atoms with Gasteiger partial charge in [0, 0.05) is 13.1 Å². The van der Waals surface area contributed by atoms with Crippen LogP contribution in [0.3, 0.4) is 0 Å². The van der Waals surface area contributed by atoms with Crippen LogP contribution in [-0.2, 0) is 17.8 Å². The van der Waals surface area contributed by atoms with Gasteiger partial charge in [0.15, 0.2) is 0 Å². The van der Waals surface area contributed by atoms with E-state index in [1.165, 1.54) is 22.3 Å². The zero-order valence-electron chi connectivity index (χ0n) is 14.3. The fourth-order valence-electron chi connectivity index (χ4n) is 2.59. The normalized spacial score (nSPS) is 10.8. The fourth-order valence-corrected chi connectivity index (χ4v) is 2.59. The number of benzene rings is 2. The summed E-state index contributed by atoms with van der Waals surface area (Å²) in [7, 11) is 1.97. The van der Waals surface area contributed by atoms with Crippen molar-refractivity contribution in [2.75, 3.05) is 20.1 Å². The molecule has 0 bridgehead atoms. The van der Waals surface area contributed by atoms with Crippen LogP contribution in [0.4, 0.5) is 0 Å². The number of amides is 1. The van der Waals surface area contributed by atoms with Gasteiger partial charge < -0.3 is 5.32 Å². The third-order valence-electron chi connectivity index (χ3n) is 3.96. The Bertz CT molecular complexity index is 634. The Kier molecular flexibility index (Phi) is 6.36. The molecule has 2 aromatic carbocycles. The first-order valence-electron chi connectivity index (χ1n) is 8.10. The second kappa shape index (κ2) is 8.49. The van der Waals surface area contributed by atoms with Crippen LogP contribution in [0.15, 0.2) is 48.5 Å². The van der Waals surface area contributed by atoms with Crippen LogP contribution >= 0.6 is 0 Å². The molecule has 0 atom stereocenters. The van der Waals surface area contributed by atoms with Gasteiger partial charge in [0.25, 0.3) is 0 Å². The van der Waals surface area contributed by atoms with E-state index in [0.29, 0.717) is 13.1 Å². The standard InChI is InChI=1S/C20H26N2O/c1-16-8-10-18(11-9-16)14-22(3)15-20(23)21-13-12-19-7-5-4-6-17(19)2/h4-11H,12-15H2,1-3H3,(H,21,23). The lowest BCUT2D eigenvalue weighted by Crippen LogP contribution is -2.35. The Morgan fingerprint density at radius 3 is 2.43 bits per heavy atom. The summed E-state index contributed by atoms with van der Waals surface area (Å²) in [6, 6.07) is 16.7.